The fourth-order valence-electron chi connectivity index (χ4n) is 2.26. The summed E-state index contributed by atoms with van der Waals surface area (Å²) >= 11 is 6.32. The van der Waals surface area contributed by atoms with Crippen molar-refractivity contribution >= 4 is 17.4 Å². The highest BCUT2D eigenvalue weighted by Crippen LogP contribution is 2.28. The van der Waals surface area contributed by atoms with Gasteiger partial charge in [0.15, 0.2) is 5.82 Å². The Morgan fingerprint density at radius 3 is 2.39 bits per heavy atom. The van der Waals surface area contributed by atoms with Crippen molar-refractivity contribution in [3.05, 3.63) is 41.4 Å². The Kier molecular flexibility index (Phi) is 3.15. The largest absolute Gasteiger partial charge is 0.354 e. The molecule has 92 valence electrons. The highest BCUT2D eigenvalue weighted by atomic mass is 35.5. The molecule has 1 aliphatic heterocycles. The Bertz CT molecular complexity index is 536. The van der Waals surface area contributed by atoms with Gasteiger partial charge in [-0.15, -0.1) is 10.2 Å². The molecule has 0 aliphatic carbocycles. The molecule has 0 saturated carbocycles. The lowest BCUT2D eigenvalue weighted by atomic mass is 10.1. The van der Waals surface area contributed by atoms with Gasteiger partial charge in [0.1, 0.15) is 0 Å². The quantitative estimate of drug-likeness (QED) is 0.828. The summed E-state index contributed by atoms with van der Waals surface area (Å²) in [5, 5.41) is 9.24. The zero-order valence-electron chi connectivity index (χ0n) is 10.0. The van der Waals surface area contributed by atoms with E-state index < -0.39 is 0 Å². The van der Waals surface area contributed by atoms with E-state index in [4.69, 9.17) is 11.6 Å². The van der Waals surface area contributed by atoms with Crippen molar-refractivity contribution < 1.29 is 0 Å². The summed E-state index contributed by atoms with van der Waals surface area (Å²) in [6, 6.07) is 11.9. The summed E-state index contributed by atoms with van der Waals surface area (Å²) in [7, 11) is 0. The van der Waals surface area contributed by atoms with Crippen LogP contribution in [0.15, 0.2) is 36.4 Å². The molecule has 0 spiro atoms. The second-order valence-electron chi connectivity index (χ2n) is 4.46. The molecule has 0 radical (unpaired) electrons. The molecule has 0 amide bonds. The van der Waals surface area contributed by atoms with Crippen molar-refractivity contribution in [2.24, 2.45) is 0 Å². The molecule has 1 fully saturated rings. The summed E-state index contributed by atoms with van der Waals surface area (Å²) in [4.78, 5) is 2.20. The molecule has 3 nitrogen and oxygen atoms in total. The number of hydrogen-bond donors (Lipinski definition) is 0. The van der Waals surface area contributed by atoms with Crippen LogP contribution >= 0.6 is 11.6 Å². The SMILES string of the molecule is Clc1cc(-c2ccccc2)nnc1N1CCCC1. The van der Waals surface area contributed by atoms with E-state index in [0.717, 1.165) is 30.2 Å². The minimum atomic E-state index is 0.686. The minimum absolute atomic E-state index is 0.686. The van der Waals surface area contributed by atoms with Crippen LogP contribution in [0.25, 0.3) is 11.3 Å². The number of hydrogen-bond acceptors (Lipinski definition) is 3. The van der Waals surface area contributed by atoms with Crippen molar-refractivity contribution in [3.8, 4) is 11.3 Å². The topological polar surface area (TPSA) is 29.0 Å². The average molecular weight is 260 g/mol. The molecule has 0 unspecified atom stereocenters. The zero-order chi connectivity index (χ0) is 12.4. The molecule has 0 bridgehead atoms. The Morgan fingerprint density at radius 1 is 1.00 bits per heavy atom. The van der Waals surface area contributed by atoms with Gasteiger partial charge in [-0.2, -0.15) is 0 Å². The van der Waals surface area contributed by atoms with E-state index in [0.29, 0.717) is 5.02 Å². The van der Waals surface area contributed by atoms with Crippen LogP contribution < -0.4 is 4.90 Å². The van der Waals surface area contributed by atoms with Gasteiger partial charge in [0, 0.05) is 18.7 Å². The van der Waals surface area contributed by atoms with E-state index in [-0.39, 0.29) is 0 Å². The highest BCUT2D eigenvalue weighted by Gasteiger charge is 2.17. The normalized spacial score (nSPS) is 15.1. The van der Waals surface area contributed by atoms with E-state index in [1.165, 1.54) is 12.8 Å². The van der Waals surface area contributed by atoms with Crippen LogP contribution in [0.5, 0.6) is 0 Å². The minimum Gasteiger partial charge on any atom is -0.354 e. The summed E-state index contributed by atoms with van der Waals surface area (Å²) in [6.07, 6.45) is 2.41. The number of halogens is 1. The summed E-state index contributed by atoms with van der Waals surface area (Å²) in [5.41, 5.74) is 1.86. The van der Waals surface area contributed by atoms with Crippen molar-refractivity contribution in [1.29, 1.82) is 0 Å². The van der Waals surface area contributed by atoms with Crippen molar-refractivity contribution in [2.75, 3.05) is 18.0 Å². The fraction of sp³-hybridized carbons (Fsp3) is 0.286. The Hall–Kier alpha value is -1.61. The average Bonchev–Trinajstić information content (AvgIpc) is 2.93. The van der Waals surface area contributed by atoms with Crippen molar-refractivity contribution in [2.45, 2.75) is 12.8 Å². The Labute approximate surface area is 111 Å². The van der Waals surface area contributed by atoms with Gasteiger partial charge >= 0.3 is 0 Å². The van der Waals surface area contributed by atoms with Crippen LogP contribution in [0, 0.1) is 0 Å². The third-order valence-corrected chi connectivity index (χ3v) is 3.48. The highest BCUT2D eigenvalue weighted by molar-refractivity contribution is 6.33. The smallest absolute Gasteiger partial charge is 0.170 e. The maximum absolute atomic E-state index is 6.32. The van der Waals surface area contributed by atoms with E-state index in [1.54, 1.807) is 0 Å². The number of benzene rings is 1. The second-order valence-corrected chi connectivity index (χ2v) is 4.87. The molecule has 2 heterocycles. The van der Waals surface area contributed by atoms with E-state index >= 15 is 0 Å². The molecule has 0 atom stereocenters. The lowest BCUT2D eigenvalue weighted by Crippen LogP contribution is -2.19. The molecule has 1 aromatic heterocycles. The second kappa shape index (κ2) is 4.94. The number of rotatable bonds is 2. The Balaban J connectivity index is 1.94. The predicted molar refractivity (Wildman–Crippen MR) is 73.9 cm³/mol. The van der Waals surface area contributed by atoms with Crippen LogP contribution in [0.3, 0.4) is 0 Å². The van der Waals surface area contributed by atoms with Crippen molar-refractivity contribution in [1.82, 2.24) is 10.2 Å². The standard InChI is InChI=1S/C14H14ClN3/c15-12-10-13(11-6-2-1-3-7-11)16-17-14(12)18-8-4-5-9-18/h1-3,6-7,10H,4-5,8-9H2. The summed E-state index contributed by atoms with van der Waals surface area (Å²) in [6.45, 7) is 2.05. The van der Waals surface area contributed by atoms with E-state index in [2.05, 4.69) is 15.1 Å². The van der Waals surface area contributed by atoms with Crippen LogP contribution in [0.4, 0.5) is 5.82 Å². The summed E-state index contributed by atoms with van der Waals surface area (Å²) < 4.78 is 0. The first-order chi connectivity index (χ1) is 8.84. The third-order valence-electron chi connectivity index (χ3n) is 3.20. The van der Waals surface area contributed by atoms with E-state index in [9.17, 15) is 0 Å². The molecule has 1 aromatic carbocycles. The maximum Gasteiger partial charge on any atom is 0.170 e. The molecule has 1 aliphatic rings. The van der Waals surface area contributed by atoms with Gasteiger partial charge in [-0.3, -0.25) is 0 Å². The van der Waals surface area contributed by atoms with E-state index in [1.807, 2.05) is 36.4 Å². The molecule has 4 heteroatoms. The number of anilines is 1. The van der Waals surface area contributed by atoms with Crippen LogP contribution in [0.1, 0.15) is 12.8 Å². The molecule has 3 rings (SSSR count). The number of aromatic nitrogens is 2. The van der Waals surface area contributed by atoms with Crippen LogP contribution in [0.2, 0.25) is 5.02 Å². The predicted octanol–water partition coefficient (Wildman–Crippen LogP) is 3.40. The molecule has 0 N–H and O–H groups in total. The van der Waals surface area contributed by atoms with Crippen LogP contribution in [-0.4, -0.2) is 23.3 Å². The van der Waals surface area contributed by atoms with Crippen molar-refractivity contribution in [3.63, 3.8) is 0 Å². The zero-order valence-corrected chi connectivity index (χ0v) is 10.8. The summed E-state index contributed by atoms with van der Waals surface area (Å²) in [5.74, 6) is 0.814. The van der Waals surface area contributed by atoms with Gasteiger partial charge in [0.05, 0.1) is 10.7 Å². The molecule has 2 aromatic rings. The van der Waals surface area contributed by atoms with Crippen LogP contribution in [-0.2, 0) is 0 Å². The van der Waals surface area contributed by atoms with Gasteiger partial charge in [-0.05, 0) is 18.9 Å². The Morgan fingerprint density at radius 2 is 1.72 bits per heavy atom. The maximum atomic E-state index is 6.32. The fourth-order valence-corrected chi connectivity index (χ4v) is 2.52. The number of nitrogens with zero attached hydrogens (tertiary/aromatic N) is 3. The van der Waals surface area contributed by atoms with Gasteiger partial charge in [0.2, 0.25) is 0 Å². The monoisotopic (exact) mass is 259 g/mol. The lowest BCUT2D eigenvalue weighted by molar-refractivity contribution is 0.896. The molecule has 18 heavy (non-hydrogen) atoms. The first-order valence-electron chi connectivity index (χ1n) is 6.18. The lowest BCUT2D eigenvalue weighted by Gasteiger charge is -2.17. The van der Waals surface area contributed by atoms with Gasteiger partial charge in [0.25, 0.3) is 0 Å². The first kappa shape index (κ1) is 11.5. The van der Waals surface area contributed by atoms with Gasteiger partial charge in [-0.25, -0.2) is 0 Å². The third kappa shape index (κ3) is 2.18. The molecular formula is C14H14ClN3. The van der Waals surface area contributed by atoms with Gasteiger partial charge < -0.3 is 4.90 Å². The molecular weight excluding hydrogens is 246 g/mol. The first-order valence-corrected chi connectivity index (χ1v) is 6.56. The van der Waals surface area contributed by atoms with Gasteiger partial charge in [-0.1, -0.05) is 41.9 Å². The molecule has 1 saturated heterocycles.